The molecule has 2 heteroatoms. The smallest absolute Gasteiger partial charge is 0.139 e. The Labute approximate surface area is 135 Å². The summed E-state index contributed by atoms with van der Waals surface area (Å²) in [6.45, 7) is 6.67. The second-order valence-corrected chi connectivity index (χ2v) is 6.99. The molecule has 0 amide bonds. The molecular formula is C21H19NO. The van der Waals surface area contributed by atoms with Crippen molar-refractivity contribution < 1.29 is 4.42 Å². The molecule has 23 heavy (non-hydrogen) atoms. The van der Waals surface area contributed by atoms with Gasteiger partial charge in [0.05, 0.1) is 5.69 Å². The zero-order chi connectivity index (χ0) is 16.0. The highest BCUT2D eigenvalue weighted by Crippen LogP contribution is 2.31. The molecule has 2 nitrogen and oxygen atoms in total. The van der Waals surface area contributed by atoms with Crippen molar-refractivity contribution in [1.82, 2.24) is 4.98 Å². The van der Waals surface area contributed by atoms with Gasteiger partial charge in [0.15, 0.2) is 0 Å². The van der Waals surface area contributed by atoms with E-state index >= 15 is 0 Å². The van der Waals surface area contributed by atoms with E-state index < -0.39 is 0 Å². The molecule has 0 radical (unpaired) electrons. The van der Waals surface area contributed by atoms with Gasteiger partial charge in [-0.1, -0.05) is 63.2 Å². The van der Waals surface area contributed by atoms with Crippen molar-refractivity contribution in [2.45, 2.75) is 26.2 Å². The Hall–Kier alpha value is -2.61. The van der Waals surface area contributed by atoms with E-state index in [1.54, 1.807) is 0 Å². The Kier molecular flexibility index (Phi) is 3.02. The van der Waals surface area contributed by atoms with Gasteiger partial charge in [-0.15, -0.1) is 0 Å². The monoisotopic (exact) mass is 301 g/mol. The number of hydrogen-bond donors (Lipinski definition) is 0. The summed E-state index contributed by atoms with van der Waals surface area (Å²) >= 11 is 0. The first-order valence-corrected chi connectivity index (χ1v) is 7.90. The minimum Gasteiger partial charge on any atom is -0.456 e. The van der Waals surface area contributed by atoms with Gasteiger partial charge in [-0.2, -0.15) is 0 Å². The van der Waals surface area contributed by atoms with Crippen LogP contribution in [0.3, 0.4) is 0 Å². The van der Waals surface area contributed by atoms with Crippen LogP contribution in [0.1, 0.15) is 26.3 Å². The van der Waals surface area contributed by atoms with Crippen LogP contribution in [-0.2, 0) is 5.41 Å². The molecule has 0 aliphatic rings. The number of hydrogen-bond acceptors (Lipinski definition) is 2. The van der Waals surface area contributed by atoms with E-state index in [1.165, 1.54) is 5.56 Å². The lowest BCUT2D eigenvalue weighted by atomic mass is 9.86. The van der Waals surface area contributed by atoms with Gasteiger partial charge < -0.3 is 4.42 Å². The average Bonchev–Trinajstić information content (AvgIpc) is 2.92. The van der Waals surface area contributed by atoms with Crippen molar-refractivity contribution in [3.8, 4) is 11.3 Å². The summed E-state index contributed by atoms with van der Waals surface area (Å²) in [5, 5.41) is 2.18. The van der Waals surface area contributed by atoms with Crippen molar-refractivity contribution in [2.24, 2.45) is 0 Å². The van der Waals surface area contributed by atoms with Gasteiger partial charge in [0, 0.05) is 28.6 Å². The van der Waals surface area contributed by atoms with Gasteiger partial charge in [0.25, 0.3) is 0 Å². The maximum atomic E-state index is 5.95. The Morgan fingerprint density at radius 2 is 1.57 bits per heavy atom. The third-order valence-corrected chi connectivity index (χ3v) is 4.31. The number of furan rings is 1. The molecule has 0 unspecified atom stereocenters. The predicted molar refractivity (Wildman–Crippen MR) is 95.7 cm³/mol. The van der Waals surface area contributed by atoms with E-state index in [0.29, 0.717) is 0 Å². The fourth-order valence-corrected chi connectivity index (χ4v) is 2.92. The molecule has 2 heterocycles. The van der Waals surface area contributed by atoms with Crippen molar-refractivity contribution in [2.75, 3.05) is 0 Å². The number of aromatic nitrogens is 1. The lowest BCUT2D eigenvalue weighted by Gasteiger charge is -2.19. The Morgan fingerprint density at radius 3 is 2.30 bits per heavy atom. The summed E-state index contributed by atoms with van der Waals surface area (Å²) in [5.41, 5.74) is 5.33. The SMILES string of the molecule is CC(C)(C)c1ccc(-c2cc3oc4ccccc4c3cn2)cc1. The number of nitrogens with zero attached hydrogens (tertiary/aromatic N) is 1. The molecule has 0 saturated heterocycles. The summed E-state index contributed by atoms with van der Waals surface area (Å²) in [7, 11) is 0. The Morgan fingerprint density at radius 1 is 0.826 bits per heavy atom. The molecule has 4 rings (SSSR count). The molecule has 0 atom stereocenters. The lowest BCUT2D eigenvalue weighted by molar-refractivity contribution is 0.590. The van der Waals surface area contributed by atoms with E-state index in [9.17, 15) is 0 Å². The lowest BCUT2D eigenvalue weighted by Crippen LogP contribution is -2.10. The highest BCUT2D eigenvalue weighted by Gasteiger charge is 2.14. The highest BCUT2D eigenvalue weighted by molar-refractivity contribution is 6.05. The van der Waals surface area contributed by atoms with Crippen molar-refractivity contribution >= 4 is 21.9 Å². The first kappa shape index (κ1) is 14.0. The van der Waals surface area contributed by atoms with Crippen LogP contribution in [0, 0.1) is 0 Å². The van der Waals surface area contributed by atoms with Crippen molar-refractivity contribution in [3.63, 3.8) is 0 Å². The molecule has 114 valence electrons. The number of pyridine rings is 1. The summed E-state index contributed by atoms with van der Waals surface area (Å²) in [5.74, 6) is 0. The fraction of sp³-hybridized carbons (Fsp3) is 0.190. The van der Waals surface area contributed by atoms with E-state index in [2.05, 4.69) is 56.1 Å². The van der Waals surface area contributed by atoms with E-state index in [0.717, 1.165) is 33.2 Å². The van der Waals surface area contributed by atoms with Crippen LogP contribution >= 0.6 is 0 Å². The summed E-state index contributed by atoms with van der Waals surface area (Å²) < 4.78 is 5.95. The maximum Gasteiger partial charge on any atom is 0.139 e. The molecular weight excluding hydrogens is 282 g/mol. The van der Waals surface area contributed by atoms with Crippen LogP contribution in [0.2, 0.25) is 0 Å². The average molecular weight is 301 g/mol. The maximum absolute atomic E-state index is 5.95. The molecule has 0 aliphatic carbocycles. The second-order valence-electron chi connectivity index (χ2n) is 6.99. The van der Waals surface area contributed by atoms with E-state index in [1.807, 2.05) is 30.5 Å². The Balaban J connectivity index is 1.81. The number of fused-ring (bicyclic) bond motifs is 3. The molecule has 0 bridgehead atoms. The zero-order valence-corrected chi connectivity index (χ0v) is 13.6. The van der Waals surface area contributed by atoms with Crippen molar-refractivity contribution in [1.29, 1.82) is 0 Å². The number of rotatable bonds is 1. The van der Waals surface area contributed by atoms with E-state index in [4.69, 9.17) is 4.42 Å². The number of benzene rings is 2. The zero-order valence-electron chi connectivity index (χ0n) is 13.6. The molecule has 2 aromatic carbocycles. The highest BCUT2D eigenvalue weighted by atomic mass is 16.3. The molecule has 0 saturated carbocycles. The van der Waals surface area contributed by atoms with Gasteiger partial charge in [-0.3, -0.25) is 4.98 Å². The van der Waals surface area contributed by atoms with Gasteiger partial charge >= 0.3 is 0 Å². The quantitative estimate of drug-likeness (QED) is 0.434. The Bertz CT molecular complexity index is 988. The first-order chi connectivity index (χ1) is 11.0. The molecule has 0 fully saturated rings. The third kappa shape index (κ3) is 2.40. The summed E-state index contributed by atoms with van der Waals surface area (Å²) in [4.78, 5) is 4.63. The molecule has 0 N–H and O–H groups in total. The fourth-order valence-electron chi connectivity index (χ4n) is 2.92. The standard InChI is InChI=1S/C21H19NO/c1-21(2,3)15-10-8-14(9-11-15)18-12-20-17(13-22-18)16-6-4-5-7-19(16)23-20/h4-13H,1-3H3. The minimum absolute atomic E-state index is 0.161. The van der Waals surface area contributed by atoms with Crippen LogP contribution in [0.5, 0.6) is 0 Å². The van der Waals surface area contributed by atoms with Gasteiger partial charge in [-0.25, -0.2) is 0 Å². The molecule has 4 aromatic rings. The van der Waals surface area contributed by atoms with E-state index in [-0.39, 0.29) is 5.41 Å². The topological polar surface area (TPSA) is 26.0 Å². The van der Waals surface area contributed by atoms with Gasteiger partial charge in [-0.05, 0) is 17.0 Å². The van der Waals surface area contributed by atoms with Crippen LogP contribution < -0.4 is 0 Å². The van der Waals surface area contributed by atoms with Gasteiger partial charge in [0.1, 0.15) is 11.2 Å². The minimum atomic E-state index is 0.161. The van der Waals surface area contributed by atoms with Crippen LogP contribution in [0.25, 0.3) is 33.2 Å². The van der Waals surface area contributed by atoms with Crippen molar-refractivity contribution in [3.05, 3.63) is 66.4 Å². The van der Waals surface area contributed by atoms with Crippen LogP contribution in [0.4, 0.5) is 0 Å². The third-order valence-electron chi connectivity index (χ3n) is 4.31. The number of para-hydroxylation sites is 1. The van der Waals surface area contributed by atoms with Crippen LogP contribution in [-0.4, -0.2) is 4.98 Å². The summed E-state index contributed by atoms with van der Waals surface area (Å²) in [6, 6.07) is 18.7. The van der Waals surface area contributed by atoms with Crippen LogP contribution in [0.15, 0.2) is 65.2 Å². The molecule has 0 spiro atoms. The summed E-state index contributed by atoms with van der Waals surface area (Å²) in [6.07, 6.45) is 1.91. The largest absolute Gasteiger partial charge is 0.456 e. The predicted octanol–water partition coefficient (Wildman–Crippen LogP) is 5.95. The molecule has 0 aliphatic heterocycles. The second kappa shape index (κ2) is 4.95. The van der Waals surface area contributed by atoms with Gasteiger partial charge in [0.2, 0.25) is 0 Å². The normalized spacial score (nSPS) is 12.1. The molecule has 2 aromatic heterocycles. The first-order valence-electron chi connectivity index (χ1n) is 7.90.